The summed E-state index contributed by atoms with van der Waals surface area (Å²) in [7, 11) is 0. The second-order valence-corrected chi connectivity index (χ2v) is 5.85. The van der Waals surface area contributed by atoms with Crippen LogP contribution >= 0.6 is 0 Å². The van der Waals surface area contributed by atoms with Crippen LogP contribution in [0.15, 0.2) is 24.3 Å². The van der Waals surface area contributed by atoms with Crippen molar-refractivity contribution in [2.45, 2.75) is 39.9 Å². The SMILES string of the molecule is CC(C)C1OC(c2ccc([N+](=O)[O-])cc2)C1(C)C. The molecule has 0 N–H and O–H groups in total. The molecule has 2 atom stereocenters. The van der Waals surface area contributed by atoms with Crippen molar-refractivity contribution in [2.75, 3.05) is 0 Å². The van der Waals surface area contributed by atoms with E-state index in [2.05, 4.69) is 27.7 Å². The Morgan fingerprint density at radius 1 is 1.28 bits per heavy atom. The second-order valence-electron chi connectivity index (χ2n) is 5.85. The van der Waals surface area contributed by atoms with Crippen molar-refractivity contribution < 1.29 is 9.66 Å². The summed E-state index contributed by atoms with van der Waals surface area (Å²) < 4.78 is 5.93. The Kier molecular flexibility index (Phi) is 3.15. The monoisotopic (exact) mass is 249 g/mol. The topological polar surface area (TPSA) is 52.4 Å². The molecular formula is C14H19NO3. The third-order valence-corrected chi connectivity index (χ3v) is 3.70. The van der Waals surface area contributed by atoms with Gasteiger partial charge in [0.25, 0.3) is 5.69 Å². The molecule has 4 heteroatoms. The van der Waals surface area contributed by atoms with Gasteiger partial charge in [-0.05, 0) is 23.6 Å². The summed E-state index contributed by atoms with van der Waals surface area (Å²) in [6, 6.07) is 6.66. The number of hydrogen-bond donors (Lipinski definition) is 0. The lowest BCUT2D eigenvalue weighted by Crippen LogP contribution is -2.52. The second kappa shape index (κ2) is 4.35. The maximum Gasteiger partial charge on any atom is 0.269 e. The van der Waals surface area contributed by atoms with E-state index in [-0.39, 0.29) is 28.2 Å². The highest BCUT2D eigenvalue weighted by molar-refractivity contribution is 5.35. The van der Waals surface area contributed by atoms with Gasteiger partial charge in [-0.2, -0.15) is 0 Å². The third kappa shape index (κ3) is 2.01. The molecule has 2 unspecified atom stereocenters. The summed E-state index contributed by atoms with van der Waals surface area (Å²) in [5.41, 5.74) is 1.21. The summed E-state index contributed by atoms with van der Waals surface area (Å²) in [6.45, 7) is 8.68. The van der Waals surface area contributed by atoms with Gasteiger partial charge in [0.2, 0.25) is 0 Å². The number of ether oxygens (including phenoxy) is 1. The van der Waals surface area contributed by atoms with Gasteiger partial charge in [-0.1, -0.05) is 27.7 Å². The lowest BCUT2D eigenvalue weighted by Gasteiger charge is -2.54. The molecule has 0 radical (unpaired) electrons. The molecular weight excluding hydrogens is 230 g/mol. The van der Waals surface area contributed by atoms with Gasteiger partial charge in [-0.3, -0.25) is 10.1 Å². The van der Waals surface area contributed by atoms with Crippen molar-refractivity contribution in [3.05, 3.63) is 39.9 Å². The van der Waals surface area contributed by atoms with Crippen molar-refractivity contribution in [1.29, 1.82) is 0 Å². The molecule has 1 aliphatic heterocycles. The lowest BCUT2D eigenvalue weighted by atomic mass is 9.69. The van der Waals surface area contributed by atoms with Crippen LogP contribution in [0, 0.1) is 21.4 Å². The number of nitro groups is 1. The predicted octanol–water partition coefficient (Wildman–Crippen LogP) is 3.72. The van der Waals surface area contributed by atoms with Crippen molar-refractivity contribution >= 4 is 5.69 Å². The molecule has 0 spiro atoms. The first-order valence-corrected chi connectivity index (χ1v) is 6.24. The average Bonchev–Trinajstić information content (AvgIpc) is 2.27. The smallest absolute Gasteiger partial charge is 0.269 e. The fraction of sp³-hybridized carbons (Fsp3) is 0.571. The maximum atomic E-state index is 10.6. The van der Waals surface area contributed by atoms with Crippen LogP contribution in [0.5, 0.6) is 0 Å². The largest absolute Gasteiger partial charge is 0.369 e. The summed E-state index contributed by atoms with van der Waals surface area (Å²) in [5, 5.41) is 10.6. The standard InChI is InChI=1S/C14H19NO3/c1-9(2)12-14(3,4)13(18-12)10-5-7-11(8-6-10)15(16)17/h5-9,12-13H,1-4H3. The zero-order valence-corrected chi connectivity index (χ0v) is 11.2. The fourth-order valence-corrected chi connectivity index (χ4v) is 2.87. The fourth-order valence-electron chi connectivity index (χ4n) is 2.87. The molecule has 1 aromatic carbocycles. The normalized spacial score (nSPS) is 25.8. The third-order valence-electron chi connectivity index (χ3n) is 3.70. The van der Waals surface area contributed by atoms with Crippen molar-refractivity contribution in [3.63, 3.8) is 0 Å². The van der Waals surface area contributed by atoms with E-state index in [0.29, 0.717) is 5.92 Å². The highest BCUT2D eigenvalue weighted by Crippen LogP contribution is 2.53. The number of hydrogen-bond acceptors (Lipinski definition) is 3. The number of nitro benzene ring substituents is 1. The molecule has 0 saturated carbocycles. The molecule has 1 saturated heterocycles. The molecule has 1 aliphatic rings. The average molecular weight is 249 g/mol. The Labute approximate surface area is 107 Å². The van der Waals surface area contributed by atoms with Crippen molar-refractivity contribution in [2.24, 2.45) is 11.3 Å². The van der Waals surface area contributed by atoms with Gasteiger partial charge in [-0.25, -0.2) is 0 Å². The van der Waals surface area contributed by atoms with Crippen LogP contribution in [0.1, 0.15) is 39.4 Å². The van der Waals surface area contributed by atoms with Crippen LogP contribution < -0.4 is 0 Å². The van der Waals surface area contributed by atoms with Gasteiger partial charge < -0.3 is 4.74 Å². The first-order chi connectivity index (χ1) is 8.34. The zero-order chi connectivity index (χ0) is 13.5. The zero-order valence-electron chi connectivity index (χ0n) is 11.2. The van der Waals surface area contributed by atoms with Gasteiger partial charge in [0.05, 0.1) is 17.1 Å². The first-order valence-electron chi connectivity index (χ1n) is 6.24. The lowest BCUT2D eigenvalue weighted by molar-refractivity contribution is -0.384. The molecule has 4 nitrogen and oxygen atoms in total. The van der Waals surface area contributed by atoms with E-state index in [0.717, 1.165) is 5.56 Å². The van der Waals surface area contributed by atoms with E-state index in [1.54, 1.807) is 12.1 Å². The summed E-state index contributed by atoms with van der Waals surface area (Å²) in [6.07, 6.45) is 0.281. The molecule has 18 heavy (non-hydrogen) atoms. The van der Waals surface area contributed by atoms with E-state index in [1.807, 2.05) is 0 Å². The quantitative estimate of drug-likeness (QED) is 0.606. The maximum absolute atomic E-state index is 10.6. The van der Waals surface area contributed by atoms with Crippen LogP contribution in [0.25, 0.3) is 0 Å². The van der Waals surface area contributed by atoms with Crippen LogP contribution in [0.2, 0.25) is 0 Å². The van der Waals surface area contributed by atoms with Gasteiger partial charge in [0, 0.05) is 17.5 Å². The Balaban J connectivity index is 2.17. The minimum absolute atomic E-state index is 0.0331. The van der Waals surface area contributed by atoms with Crippen molar-refractivity contribution in [3.8, 4) is 0 Å². The van der Waals surface area contributed by atoms with Crippen LogP contribution in [0.3, 0.4) is 0 Å². The van der Waals surface area contributed by atoms with Crippen molar-refractivity contribution in [1.82, 2.24) is 0 Å². The highest BCUT2D eigenvalue weighted by atomic mass is 16.6. The molecule has 1 heterocycles. The molecule has 1 fully saturated rings. The first kappa shape index (κ1) is 13.0. The Bertz CT molecular complexity index is 451. The molecule has 98 valence electrons. The van der Waals surface area contributed by atoms with E-state index < -0.39 is 0 Å². The van der Waals surface area contributed by atoms with Crippen LogP contribution in [-0.2, 0) is 4.74 Å². The summed E-state index contributed by atoms with van der Waals surface area (Å²) in [5.74, 6) is 0.481. The number of benzene rings is 1. The minimum atomic E-state index is -0.381. The van der Waals surface area contributed by atoms with Gasteiger partial charge >= 0.3 is 0 Å². The molecule has 2 rings (SSSR count). The number of nitrogens with zero attached hydrogens (tertiary/aromatic N) is 1. The predicted molar refractivity (Wildman–Crippen MR) is 69.3 cm³/mol. The number of rotatable bonds is 3. The molecule has 0 aliphatic carbocycles. The Hall–Kier alpha value is -1.42. The van der Waals surface area contributed by atoms with E-state index >= 15 is 0 Å². The Morgan fingerprint density at radius 2 is 1.83 bits per heavy atom. The molecule has 1 aromatic rings. The van der Waals surface area contributed by atoms with E-state index in [9.17, 15) is 10.1 Å². The van der Waals surface area contributed by atoms with Gasteiger partial charge in [0.1, 0.15) is 0 Å². The summed E-state index contributed by atoms with van der Waals surface area (Å²) in [4.78, 5) is 10.2. The highest BCUT2D eigenvalue weighted by Gasteiger charge is 2.51. The Morgan fingerprint density at radius 3 is 2.22 bits per heavy atom. The van der Waals surface area contributed by atoms with Crippen LogP contribution in [0.4, 0.5) is 5.69 Å². The molecule has 0 bridgehead atoms. The van der Waals surface area contributed by atoms with Crippen LogP contribution in [-0.4, -0.2) is 11.0 Å². The van der Waals surface area contributed by atoms with Gasteiger partial charge in [0.15, 0.2) is 0 Å². The minimum Gasteiger partial charge on any atom is -0.369 e. The number of non-ortho nitro benzene ring substituents is 1. The molecule has 0 amide bonds. The van der Waals surface area contributed by atoms with Gasteiger partial charge in [-0.15, -0.1) is 0 Å². The van der Waals surface area contributed by atoms with E-state index in [4.69, 9.17) is 4.74 Å². The summed E-state index contributed by atoms with van der Waals surface area (Å²) >= 11 is 0. The van der Waals surface area contributed by atoms with E-state index in [1.165, 1.54) is 12.1 Å². The molecule has 0 aromatic heterocycles.